The summed E-state index contributed by atoms with van der Waals surface area (Å²) < 4.78 is 1.76. The van der Waals surface area contributed by atoms with Gasteiger partial charge in [0.25, 0.3) is 0 Å². The smallest absolute Gasteiger partial charge is 0.139 e. The second-order valence-electron chi connectivity index (χ2n) is 3.46. The number of aromatic nitrogens is 4. The summed E-state index contributed by atoms with van der Waals surface area (Å²) in [5.41, 5.74) is 1.47. The molecule has 0 saturated carbocycles. The molecule has 0 amide bonds. The zero-order valence-electron chi connectivity index (χ0n) is 9.38. The molecule has 2 heterocycles. The fourth-order valence-corrected chi connectivity index (χ4v) is 2.61. The van der Waals surface area contributed by atoms with E-state index in [9.17, 15) is 5.11 Å². The first kappa shape index (κ1) is 12.3. The number of hydrogen-bond acceptors (Lipinski definition) is 5. The molecule has 7 heteroatoms. The summed E-state index contributed by atoms with van der Waals surface area (Å²) in [5.74, 6) is 0. The van der Waals surface area contributed by atoms with Gasteiger partial charge >= 0.3 is 0 Å². The topological polar surface area (TPSA) is 63.8 Å². The Morgan fingerprint density at radius 3 is 2.82 bits per heavy atom. The molecular weight excluding hydrogens is 260 g/mol. The van der Waals surface area contributed by atoms with E-state index in [1.54, 1.807) is 4.68 Å². The van der Waals surface area contributed by atoms with Crippen LogP contribution < -0.4 is 0 Å². The van der Waals surface area contributed by atoms with Gasteiger partial charge in [-0.15, -0.1) is 0 Å². The number of aliphatic hydroxyl groups excluding tert-OH is 1. The van der Waals surface area contributed by atoms with Crippen molar-refractivity contribution in [3.8, 4) is 0 Å². The Morgan fingerprint density at radius 2 is 2.24 bits per heavy atom. The van der Waals surface area contributed by atoms with Gasteiger partial charge in [0.2, 0.25) is 0 Å². The van der Waals surface area contributed by atoms with E-state index < -0.39 is 0 Å². The van der Waals surface area contributed by atoms with Gasteiger partial charge < -0.3 is 5.11 Å². The van der Waals surface area contributed by atoms with Crippen LogP contribution in [0.3, 0.4) is 0 Å². The van der Waals surface area contributed by atoms with Crippen LogP contribution in [0.1, 0.15) is 11.3 Å². The molecule has 0 aromatic carbocycles. The molecule has 0 bridgehead atoms. The van der Waals surface area contributed by atoms with E-state index >= 15 is 0 Å². The molecule has 0 aliphatic rings. The summed E-state index contributed by atoms with van der Waals surface area (Å²) in [6, 6.07) is 1.95. The maximum Gasteiger partial charge on any atom is 0.139 e. The fraction of sp³-hybridized carbons (Fsp3) is 0.300. The maximum atomic E-state index is 9.25. The van der Waals surface area contributed by atoms with Gasteiger partial charge in [-0.2, -0.15) is 5.10 Å². The molecule has 2 rings (SSSR count). The van der Waals surface area contributed by atoms with E-state index in [0.29, 0.717) is 10.6 Å². The third-order valence-electron chi connectivity index (χ3n) is 2.17. The van der Waals surface area contributed by atoms with Crippen LogP contribution in [0.5, 0.6) is 0 Å². The average Bonchev–Trinajstić information content (AvgIpc) is 2.58. The van der Waals surface area contributed by atoms with E-state index in [0.717, 1.165) is 10.7 Å². The molecule has 2 aromatic heterocycles. The predicted molar refractivity (Wildman–Crippen MR) is 65.0 cm³/mol. The zero-order valence-corrected chi connectivity index (χ0v) is 11.0. The molecule has 0 atom stereocenters. The van der Waals surface area contributed by atoms with Crippen LogP contribution in [0.4, 0.5) is 0 Å². The highest BCUT2D eigenvalue weighted by atomic mass is 35.5. The minimum Gasteiger partial charge on any atom is -0.391 e. The number of rotatable bonds is 3. The van der Waals surface area contributed by atoms with Crippen molar-refractivity contribution in [3.63, 3.8) is 0 Å². The Labute approximate surface area is 108 Å². The number of nitrogens with zero attached hydrogens (tertiary/aromatic N) is 4. The van der Waals surface area contributed by atoms with Gasteiger partial charge in [-0.25, -0.2) is 9.97 Å². The standard InChI is InChI=1S/C10H11ClN4OS/c1-6-3-8(15(2)14-6)17-10-7(4-16)9(11)12-5-13-10/h3,5,16H,4H2,1-2H3. The van der Waals surface area contributed by atoms with Crippen molar-refractivity contribution < 1.29 is 5.11 Å². The van der Waals surface area contributed by atoms with E-state index in [4.69, 9.17) is 11.6 Å². The first-order valence-electron chi connectivity index (χ1n) is 4.90. The predicted octanol–water partition coefficient (Wildman–Crippen LogP) is 1.82. The highest BCUT2D eigenvalue weighted by Gasteiger charge is 2.12. The Morgan fingerprint density at radius 1 is 1.47 bits per heavy atom. The summed E-state index contributed by atoms with van der Waals surface area (Å²) >= 11 is 7.30. The lowest BCUT2D eigenvalue weighted by Gasteiger charge is -2.06. The van der Waals surface area contributed by atoms with Crippen LogP contribution in [-0.4, -0.2) is 24.9 Å². The summed E-state index contributed by atoms with van der Waals surface area (Å²) in [6.45, 7) is 1.74. The van der Waals surface area contributed by atoms with Gasteiger partial charge in [-0.3, -0.25) is 4.68 Å². The lowest BCUT2D eigenvalue weighted by Crippen LogP contribution is -1.97. The first-order valence-corrected chi connectivity index (χ1v) is 6.10. The highest BCUT2D eigenvalue weighted by molar-refractivity contribution is 7.99. The number of aliphatic hydroxyl groups is 1. The van der Waals surface area contributed by atoms with Crippen LogP contribution in [-0.2, 0) is 13.7 Å². The Bertz CT molecular complexity index is 543. The molecule has 0 saturated heterocycles. The third-order valence-corrected chi connectivity index (χ3v) is 3.63. The molecule has 5 nitrogen and oxygen atoms in total. The monoisotopic (exact) mass is 270 g/mol. The van der Waals surface area contributed by atoms with Crippen LogP contribution in [0.15, 0.2) is 22.4 Å². The van der Waals surface area contributed by atoms with Crippen LogP contribution >= 0.6 is 23.4 Å². The molecule has 0 spiro atoms. The molecular formula is C10H11ClN4OS. The second-order valence-corrected chi connectivity index (χ2v) is 4.82. The van der Waals surface area contributed by atoms with Crippen molar-refractivity contribution >= 4 is 23.4 Å². The van der Waals surface area contributed by atoms with Gasteiger partial charge in [0.15, 0.2) is 0 Å². The fourth-order valence-electron chi connectivity index (χ4n) is 1.38. The SMILES string of the molecule is Cc1cc(Sc2ncnc(Cl)c2CO)n(C)n1. The number of hydrogen-bond donors (Lipinski definition) is 1. The van der Waals surface area contributed by atoms with Crippen molar-refractivity contribution in [1.29, 1.82) is 0 Å². The van der Waals surface area contributed by atoms with E-state index in [2.05, 4.69) is 15.1 Å². The maximum absolute atomic E-state index is 9.25. The zero-order chi connectivity index (χ0) is 12.4. The van der Waals surface area contributed by atoms with Crippen molar-refractivity contribution in [1.82, 2.24) is 19.7 Å². The van der Waals surface area contributed by atoms with Crippen molar-refractivity contribution in [2.24, 2.45) is 7.05 Å². The van der Waals surface area contributed by atoms with Gasteiger partial charge in [0.05, 0.1) is 12.3 Å². The Balaban J connectivity index is 2.36. The summed E-state index contributed by atoms with van der Waals surface area (Å²) in [6.07, 6.45) is 1.38. The lowest BCUT2D eigenvalue weighted by atomic mass is 10.4. The highest BCUT2D eigenvalue weighted by Crippen LogP contribution is 2.31. The summed E-state index contributed by atoms with van der Waals surface area (Å²) in [5, 5.41) is 15.4. The van der Waals surface area contributed by atoms with Crippen molar-refractivity contribution in [3.05, 3.63) is 28.8 Å². The largest absolute Gasteiger partial charge is 0.391 e. The second kappa shape index (κ2) is 5.03. The van der Waals surface area contributed by atoms with Crippen LogP contribution in [0.2, 0.25) is 5.15 Å². The van der Waals surface area contributed by atoms with E-state index in [1.165, 1.54) is 18.1 Å². The van der Waals surface area contributed by atoms with Crippen molar-refractivity contribution in [2.75, 3.05) is 0 Å². The van der Waals surface area contributed by atoms with Gasteiger partial charge in [0, 0.05) is 12.6 Å². The molecule has 0 fully saturated rings. The Hall–Kier alpha value is -1.11. The molecule has 1 N–H and O–H groups in total. The lowest BCUT2D eigenvalue weighted by molar-refractivity contribution is 0.277. The summed E-state index contributed by atoms with van der Waals surface area (Å²) in [7, 11) is 1.86. The molecule has 17 heavy (non-hydrogen) atoms. The van der Waals surface area contributed by atoms with Crippen molar-refractivity contribution in [2.45, 2.75) is 23.6 Å². The number of aryl methyl sites for hydroxylation is 2. The molecule has 0 unspecified atom stereocenters. The van der Waals surface area contributed by atoms with Crippen LogP contribution in [0.25, 0.3) is 0 Å². The first-order chi connectivity index (χ1) is 8.11. The van der Waals surface area contributed by atoms with Gasteiger partial charge in [-0.05, 0) is 24.8 Å². The summed E-state index contributed by atoms with van der Waals surface area (Å²) in [4.78, 5) is 7.96. The minimum absolute atomic E-state index is 0.182. The number of halogens is 1. The molecule has 0 radical (unpaired) electrons. The normalized spacial score (nSPS) is 10.8. The van der Waals surface area contributed by atoms with Gasteiger partial charge in [0.1, 0.15) is 21.5 Å². The molecule has 0 aliphatic heterocycles. The third kappa shape index (κ3) is 2.59. The average molecular weight is 271 g/mol. The Kier molecular flexibility index (Phi) is 3.66. The van der Waals surface area contributed by atoms with E-state index in [1.807, 2.05) is 20.0 Å². The van der Waals surface area contributed by atoms with Crippen LogP contribution in [0, 0.1) is 6.92 Å². The molecule has 90 valence electrons. The minimum atomic E-state index is -0.182. The quantitative estimate of drug-likeness (QED) is 0.862. The molecule has 0 aliphatic carbocycles. The van der Waals surface area contributed by atoms with Gasteiger partial charge in [-0.1, -0.05) is 11.6 Å². The van der Waals surface area contributed by atoms with E-state index in [-0.39, 0.29) is 11.8 Å². The molecule has 2 aromatic rings.